The van der Waals surface area contributed by atoms with Crippen molar-refractivity contribution in [2.24, 2.45) is 0 Å². The highest BCUT2D eigenvalue weighted by molar-refractivity contribution is 5.84. The Bertz CT molecular complexity index is 546. The summed E-state index contributed by atoms with van der Waals surface area (Å²) in [6, 6.07) is 11.7. The van der Waals surface area contributed by atoms with E-state index in [1.807, 2.05) is 36.4 Å². The van der Waals surface area contributed by atoms with E-state index in [0.717, 1.165) is 21.9 Å². The third kappa shape index (κ3) is 2.82. The normalized spacial score (nSPS) is 10.6. The number of benzene rings is 2. The molecule has 0 saturated carbocycles. The first-order valence-corrected chi connectivity index (χ1v) is 5.53. The van der Waals surface area contributed by atoms with Gasteiger partial charge in [-0.05, 0) is 34.4 Å². The van der Waals surface area contributed by atoms with Gasteiger partial charge in [0.15, 0.2) is 0 Å². The van der Waals surface area contributed by atoms with Crippen molar-refractivity contribution in [3.05, 3.63) is 47.5 Å². The Morgan fingerprint density at radius 2 is 1.59 bits per heavy atom. The van der Waals surface area contributed by atoms with Gasteiger partial charge in [0, 0.05) is 6.42 Å². The van der Waals surface area contributed by atoms with Crippen molar-refractivity contribution in [2.45, 2.75) is 19.4 Å². The van der Waals surface area contributed by atoms with E-state index in [1.165, 1.54) is 0 Å². The number of fused-ring (bicyclic) bond motifs is 1. The van der Waals surface area contributed by atoms with Crippen LogP contribution in [0.1, 0.15) is 17.5 Å². The zero-order valence-corrected chi connectivity index (χ0v) is 9.39. The highest BCUT2D eigenvalue weighted by atomic mass is 16.4. The van der Waals surface area contributed by atoms with Crippen molar-refractivity contribution in [3.63, 3.8) is 0 Å². The molecule has 3 heteroatoms. The lowest BCUT2D eigenvalue weighted by Gasteiger charge is -2.04. The molecular formula is C14H14O3. The molecule has 3 nitrogen and oxygen atoms in total. The van der Waals surface area contributed by atoms with Gasteiger partial charge in [-0.15, -0.1) is 0 Å². The first kappa shape index (κ1) is 11.6. The molecule has 0 radical (unpaired) electrons. The zero-order chi connectivity index (χ0) is 12.3. The second kappa shape index (κ2) is 4.97. The Morgan fingerprint density at radius 1 is 1.00 bits per heavy atom. The number of aliphatic hydroxyl groups is 1. The second-order valence-corrected chi connectivity index (χ2v) is 4.07. The van der Waals surface area contributed by atoms with Crippen LogP contribution in [0, 0.1) is 0 Å². The van der Waals surface area contributed by atoms with Gasteiger partial charge in [0.25, 0.3) is 0 Å². The summed E-state index contributed by atoms with van der Waals surface area (Å²) in [6.07, 6.45) is 0.702. The minimum absolute atomic E-state index is 0.0384. The quantitative estimate of drug-likeness (QED) is 0.847. The van der Waals surface area contributed by atoms with Crippen molar-refractivity contribution < 1.29 is 15.0 Å². The van der Waals surface area contributed by atoms with Gasteiger partial charge < -0.3 is 10.2 Å². The first-order chi connectivity index (χ1) is 8.19. The Balaban J connectivity index is 2.28. The van der Waals surface area contributed by atoms with Crippen molar-refractivity contribution in [1.29, 1.82) is 0 Å². The molecule has 0 atom stereocenters. The Labute approximate surface area is 99.3 Å². The fourth-order valence-corrected chi connectivity index (χ4v) is 1.85. The van der Waals surface area contributed by atoms with Gasteiger partial charge in [-0.2, -0.15) is 0 Å². The van der Waals surface area contributed by atoms with Crippen LogP contribution in [0.25, 0.3) is 10.8 Å². The molecule has 0 saturated heterocycles. The molecule has 2 aromatic rings. The lowest BCUT2D eigenvalue weighted by molar-refractivity contribution is -0.136. The maximum absolute atomic E-state index is 10.5. The summed E-state index contributed by atoms with van der Waals surface area (Å²) >= 11 is 0. The SMILES string of the molecule is O=C(O)CCc1ccc2cc(CO)ccc2c1. The minimum atomic E-state index is -0.777. The summed E-state index contributed by atoms with van der Waals surface area (Å²) < 4.78 is 0. The van der Waals surface area contributed by atoms with Crippen LogP contribution >= 0.6 is 0 Å². The van der Waals surface area contributed by atoms with Crippen LogP contribution in [0.15, 0.2) is 36.4 Å². The van der Waals surface area contributed by atoms with Gasteiger partial charge in [-0.1, -0.05) is 30.3 Å². The number of hydrogen-bond acceptors (Lipinski definition) is 2. The molecule has 0 heterocycles. The molecule has 0 aliphatic carbocycles. The zero-order valence-electron chi connectivity index (χ0n) is 9.39. The van der Waals surface area contributed by atoms with Crippen LogP contribution in [0.2, 0.25) is 0 Å². The third-order valence-electron chi connectivity index (χ3n) is 2.78. The van der Waals surface area contributed by atoms with Crippen LogP contribution < -0.4 is 0 Å². The van der Waals surface area contributed by atoms with E-state index in [-0.39, 0.29) is 13.0 Å². The molecule has 2 N–H and O–H groups in total. The summed E-state index contributed by atoms with van der Waals surface area (Å²) in [5, 5.41) is 19.8. The molecule has 0 bridgehead atoms. The monoisotopic (exact) mass is 230 g/mol. The van der Waals surface area contributed by atoms with E-state index < -0.39 is 5.97 Å². The lowest BCUT2D eigenvalue weighted by Crippen LogP contribution is -1.97. The van der Waals surface area contributed by atoms with Crippen molar-refractivity contribution in [3.8, 4) is 0 Å². The third-order valence-corrected chi connectivity index (χ3v) is 2.78. The Morgan fingerprint density at radius 3 is 2.18 bits per heavy atom. The van der Waals surface area contributed by atoms with E-state index in [9.17, 15) is 4.79 Å². The van der Waals surface area contributed by atoms with E-state index in [4.69, 9.17) is 10.2 Å². The van der Waals surface area contributed by atoms with Crippen molar-refractivity contribution >= 4 is 16.7 Å². The predicted octanol–water partition coefficient (Wildman–Crippen LogP) is 2.35. The summed E-state index contributed by atoms with van der Waals surface area (Å²) in [4.78, 5) is 10.5. The number of hydrogen-bond donors (Lipinski definition) is 2. The van der Waals surface area contributed by atoms with Gasteiger partial charge >= 0.3 is 5.97 Å². The predicted molar refractivity (Wildman–Crippen MR) is 65.8 cm³/mol. The summed E-state index contributed by atoms with van der Waals surface area (Å²) in [6.45, 7) is 0.0384. The number of carboxylic acid groups (broad SMARTS) is 1. The highest BCUT2D eigenvalue weighted by Gasteiger charge is 2.01. The minimum Gasteiger partial charge on any atom is -0.481 e. The van der Waals surface area contributed by atoms with Gasteiger partial charge in [0.1, 0.15) is 0 Å². The molecule has 0 spiro atoms. The van der Waals surface area contributed by atoms with Gasteiger partial charge in [0.2, 0.25) is 0 Å². The highest BCUT2D eigenvalue weighted by Crippen LogP contribution is 2.18. The van der Waals surface area contributed by atoms with Crippen LogP contribution in [0.5, 0.6) is 0 Å². The summed E-state index contributed by atoms with van der Waals surface area (Å²) in [5.41, 5.74) is 1.91. The van der Waals surface area contributed by atoms with Crippen molar-refractivity contribution in [2.75, 3.05) is 0 Å². The number of rotatable bonds is 4. The number of carbonyl (C=O) groups is 1. The molecule has 0 unspecified atom stereocenters. The second-order valence-electron chi connectivity index (χ2n) is 4.07. The molecule has 88 valence electrons. The largest absolute Gasteiger partial charge is 0.481 e. The fraction of sp³-hybridized carbons (Fsp3) is 0.214. The number of aliphatic carboxylic acids is 1. The molecule has 0 aromatic heterocycles. The van der Waals surface area contributed by atoms with Crippen LogP contribution in [0.4, 0.5) is 0 Å². The number of aliphatic hydroxyl groups excluding tert-OH is 1. The van der Waals surface area contributed by atoms with Crippen molar-refractivity contribution in [1.82, 2.24) is 0 Å². The molecule has 17 heavy (non-hydrogen) atoms. The lowest BCUT2D eigenvalue weighted by atomic mass is 10.0. The van der Waals surface area contributed by atoms with Crippen LogP contribution in [-0.4, -0.2) is 16.2 Å². The molecular weight excluding hydrogens is 216 g/mol. The van der Waals surface area contributed by atoms with E-state index in [1.54, 1.807) is 0 Å². The molecule has 0 amide bonds. The standard InChI is InChI=1S/C14H14O3/c15-9-11-2-5-12-7-10(3-6-14(16)17)1-4-13(12)8-11/h1-2,4-5,7-8,15H,3,6,9H2,(H,16,17). The smallest absolute Gasteiger partial charge is 0.303 e. The molecule has 2 aromatic carbocycles. The van der Waals surface area contributed by atoms with Gasteiger partial charge in [-0.25, -0.2) is 0 Å². The summed E-state index contributed by atoms with van der Waals surface area (Å²) in [5.74, 6) is -0.777. The average molecular weight is 230 g/mol. The van der Waals surface area contributed by atoms with Crippen LogP contribution in [0.3, 0.4) is 0 Å². The Hall–Kier alpha value is -1.87. The number of carboxylic acids is 1. The number of aryl methyl sites for hydroxylation is 1. The van der Waals surface area contributed by atoms with Gasteiger partial charge in [-0.3, -0.25) is 4.79 Å². The maximum Gasteiger partial charge on any atom is 0.303 e. The van der Waals surface area contributed by atoms with E-state index in [2.05, 4.69) is 0 Å². The maximum atomic E-state index is 10.5. The van der Waals surface area contributed by atoms with E-state index >= 15 is 0 Å². The molecule has 0 aliphatic heterocycles. The fourth-order valence-electron chi connectivity index (χ4n) is 1.85. The molecule has 0 aliphatic rings. The Kier molecular flexibility index (Phi) is 3.40. The topological polar surface area (TPSA) is 57.5 Å². The average Bonchev–Trinajstić information content (AvgIpc) is 2.35. The molecule has 2 rings (SSSR count). The van der Waals surface area contributed by atoms with Gasteiger partial charge in [0.05, 0.1) is 6.61 Å². The first-order valence-electron chi connectivity index (χ1n) is 5.53. The summed E-state index contributed by atoms with van der Waals surface area (Å²) in [7, 11) is 0. The van der Waals surface area contributed by atoms with Crippen LogP contribution in [-0.2, 0) is 17.8 Å². The molecule has 0 fully saturated rings. The van der Waals surface area contributed by atoms with E-state index in [0.29, 0.717) is 6.42 Å².